The van der Waals surface area contributed by atoms with E-state index in [1.807, 2.05) is 6.92 Å². The lowest BCUT2D eigenvalue weighted by Crippen LogP contribution is -2.39. The molecular formula is C11H16N2O3. The van der Waals surface area contributed by atoms with Crippen LogP contribution in [0.1, 0.15) is 29.6 Å². The number of carbonyl (C=O) groups excluding carboxylic acids is 1. The van der Waals surface area contributed by atoms with Gasteiger partial charge in [0, 0.05) is 6.54 Å². The summed E-state index contributed by atoms with van der Waals surface area (Å²) in [6.07, 6.45) is 2.19. The molecule has 5 nitrogen and oxygen atoms in total. The summed E-state index contributed by atoms with van der Waals surface area (Å²) in [5.41, 5.74) is 0.598. The number of aryl methyl sites for hydroxylation is 1. The smallest absolute Gasteiger partial charge is 0.291 e. The van der Waals surface area contributed by atoms with Gasteiger partial charge in [0.05, 0.1) is 18.3 Å². The van der Waals surface area contributed by atoms with Crippen LogP contribution in [-0.4, -0.2) is 40.1 Å². The van der Waals surface area contributed by atoms with Gasteiger partial charge in [-0.25, -0.2) is 4.98 Å². The molecule has 1 aromatic heterocycles. The number of nitrogens with zero attached hydrogens (tertiary/aromatic N) is 2. The first-order valence-electron chi connectivity index (χ1n) is 5.47. The van der Waals surface area contributed by atoms with Crippen molar-refractivity contribution in [2.24, 2.45) is 5.92 Å². The molecule has 0 saturated carbocycles. The zero-order valence-corrected chi connectivity index (χ0v) is 9.51. The molecule has 1 aliphatic heterocycles. The molecule has 0 spiro atoms. The van der Waals surface area contributed by atoms with Crippen molar-refractivity contribution in [3.63, 3.8) is 0 Å². The molecule has 2 unspecified atom stereocenters. The van der Waals surface area contributed by atoms with Gasteiger partial charge >= 0.3 is 0 Å². The molecule has 5 heteroatoms. The summed E-state index contributed by atoms with van der Waals surface area (Å²) in [6.45, 7) is 4.46. The Balaban J connectivity index is 2.20. The van der Waals surface area contributed by atoms with Crippen LogP contribution in [0, 0.1) is 12.8 Å². The van der Waals surface area contributed by atoms with Gasteiger partial charge in [0.25, 0.3) is 5.91 Å². The van der Waals surface area contributed by atoms with Gasteiger partial charge < -0.3 is 14.4 Å². The zero-order chi connectivity index (χ0) is 11.7. The van der Waals surface area contributed by atoms with E-state index in [2.05, 4.69) is 4.98 Å². The lowest BCUT2D eigenvalue weighted by Gasteiger charge is -2.24. The molecule has 1 fully saturated rings. The van der Waals surface area contributed by atoms with E-state index < -0.39 is 0 Å². The fraction of sp³-hybridized carbons (Fsp3) is 0.636. The van der Waals surface area contributed by atoms with E-state index in [-0.39, 0.29) is 24.3 Å². The topological polar surface area (TPSA) is 66.6 Å². The summed E-state index contributed by atoms with van der Waals surface area (Å²) >= 11 is 0. The Morgan fingerprint density at radius 1 is 1.75 bits per heavy atom. The lowest BCUT2D eigenvalue weighted by atomic mass is 10.0. The first-order valence-corrected chi connectivity index (χ1v) is 5.47. The number of aromatic nitrogens is 1. The van der Waals surface area contributed by atoms with Crippen LogP contribution in [0.5, 0.6) is 0 Å². The average molecular weight is 224 g/mol. The molecular weight excluding hydrogens is 208 g/mol. The van der Waals surface area contributed by atoms with E-state index in [4.69, 9.17) is 4.42 Å². The van der Waals surface area contributed by atoms with E-state index in [0.29, 0.717) is 18.2 Å². The Bertz CT molecular complexity index is 388. The summed E-state index contributed by atoms with van der Waals surface area (Å²) in [7, 11) is 0. The van der Waals surface area contributed by atoms with Crippen LogP contribution in [0.4, 0.5) is 0 Å². The Kier molecular flexibility index (Phi) is 2.96. The van der Waals surface area contributed by atoms with E-state index in [0.717, 1.165) is 6.42 Å². The van der Waals surface area contributed by atoms with Crippen molar-refractivity contribution in [1.82, 2.24) is 9.88 Å². The highest BCUT2D eigenvalue weighted by atomic mass is 16.3. The molecule has 2 heterocycles. The van der Waals surface area contributed by atoms with Crippen molar-refractivity contribution < 1.29 is 14.3 Å². The van der Waals surface area contributed by atoms with E-state index in [1.54, 1.807) is 11.8 Å². The number of aliphatic hydroxyl groups excluding tert-OH is 1. The van der Waals surface area contributed by atoms with E-state index >= 15 is 0 Å². The largest absolute Gasteiger partial charge is 0.438 e. The number of rotatable bonds is 2. The minimum atomic E-state index is -0.168. The number of hydrogen-bond donors (Lipinski definition) is 1. The molecule has 1 amide bonds. The first kappa shape index (κ1) is 11.1. The van der Waals surface area contributed by atoms with Crippen LogP contribution < -0.4 is 0 Å². The van der Waals surface area contributed by atoms with Crippen molar-refractivity contribution in [3.8, 4) is 0 Å². The van der Waals surface area contributed by atoms with Gasteiger partial charge in [-0.15, -0.1) is 0 Å². The first-order chi connectivity index (χ1) is 7.65. The predicted octanol–water partition coefficient (Wildman–Crippen LogP) is 0.826. The molecule has 0 radical (unpaired) electrons. The van der Waals surface area contributed by atoms with Crippen molar-refractivity contribution in [2.45, 2.75) is 26.3 Å². The van der Waals surface area contributed by atoms with Gasteiger partial charge in [-0.05, 0) is 19.3 Å². The highest BCUT2D eigenvalue weighted by Crippen LogP contribution is 2.25. The Morgan fingerprint density at radius 2 is 2.50 bits per heavy atom. The molecule has 88 valence electrons. The molecule has 2 atom stereocenters. The quantitative estimate of drug-likeness (QED) is 0.807. The second kappa shape index (κ2) is 4.25. The molecule has 1 aromatic rings. The summed E-state index contributed by atoms with van der Waals surface area (Å²) < 4.78 is 5.08. The normalized spacial score (nSPS) is 25.1. The van der Waals surface area contributed by atoms with E-state index in [9.17, 15) is 9.90 Å². The third kappa shape index (κ3) is 1.71. The monoisotopic (exact) mass is 224 g/mol. The van der Waals surface area contributed by atoms with Gasteiger partial charge in [-0.3, -0.25) is 4.79 Å². The number of carbonyl (C=O) groups is 1. The Morgan fingerprint density at radius 3 is 3.06 bits per heavy atom. The van der Waals surface area contributed by atoms with Crippen LogP contribution in [-0.2, 0) is 0 Å². The Hall–Kier alpha value is -1.36. The molecule has 0 aromatic carbocycles. The third-order valence-electron chi connectivity index (χ3n) is 3.27. The molecule has 16 heavy (non-hydrogen) atoms. The van der Waals surface area contributed by atoms with Crippen LogP contribution in [0.15, 0.2) is 10.8 Å². The average Bonchev–Trinajstić information content (AvgIpc) is 2.83. The van der Waals surface area contributed by atoms with Gasteiger partial charge in [0.1, 0.15) is 0 Å². The summed E-state index contributed by atoms with van der Waals surface area (Å²) in [5.74, 6) is 0.447. The Labute approximate surface area is 94.1 Å². The highest BCUT2D eigenvalue weighted by molar-refractivity contribution is 5.92. The standard InChI is InChI=1S/C11H16N2O3/c1-7-3-4-13(9(7)5-14)11(15)10-8(2)12-6-16-10/h6-7,9,14H,3-5H2,1-2H3. The minimum Gasteiger partial charge on any atom is -0.438 e. The molecule has 2 rings (SSSR count). The van der Waals surface area contributed by atoms with Gasteiger partial charge in [0.15, 0.2) is 6.39 Å². The molecule has 1 N–H and O–H groups in total. The number of amides is 1. The van der Waals surface area contributed by atoms with Crippen LogP contribution >= 0.6 is 0 Å². The maximum Gasteiger partial charge on any atom is 0.291 e. The molecule has 0 bridgehead atoms. The number of likely N-dealkylation sites (tertiary alicyclic amines) is 1. The predicted molar refractivity (Wildman–Crippen MR) is 56.9 cm³/mol. The van der Waals surface area contributed by atoms with Crippen molar-refractivity contribution in [2.75, 3.05) is 13.2 Å². The number of oxazole rings is 1. The molecule has 1 aliphatic rings. The van der Waals surface area contributed by atoms with Gasteiger partial charge in [-0.2, -0.15) is 0 Å². The fourth-order valence-corrected chi connectivity index (χ4v) is 2.18. The van der Waals surface area contributed by atoms with Gasteiger partial charge in [0.2, 0.25) is 5.76 Å². The van der Waals surface area contributed by atoms with Crippen molar-refractivity contribution >= 4 is 5.91 Å². The van der Waals surface area contributed by atoms with Gasteiger partial charge in [-0.1, -0.05) is 6.92 Å². The summed E-state index contributed by atoms with van der Waals surface area (Å²) in [4.78, 5) is 17.7. The zero-order valence-electron chi connectivity index (χ0n) is 9.51. The molecule has 0 aliphatic carbocycles. The highest BCUT2D eigenvalue weighted by Gasteiger charge is 2.35. The van der Waals surface area contributed by atoms with Crippen LogP contribution in [0.25, 0.3) is 0 Å². The van der Waals surface area contributed by atoms with Crippen LogP contribution in [0.2, 0.25) is 0 Å². The van der Waals surface area contributed by atoms with Crippen LogP contribution in [0.3, 0.4) is 0 Å². The number of aliphatic hydroxyl groups is 1. The maximum atomic E-state index is 12.1. The van der Waals surface area contributed by atoms with Crippen molar-refractivity contribution in [1.29, 1.82) is 0 Å². The van der Waals surface area contributed by atoms with E-state index in [1.165, 1.54) is 6.39 Å². The number of hydrogen-bond acceptors (Lipinski definition) is 4. The maximum absolute atomic E-state index is 12.1. The second-order valence-corrected chi connectivity index (χ2v) is 4.28. The van der Waals surface area contributed by atoms with Crippen molar-refractivity contribution in [3.05, 3.63) is 17.8 Å². The minimum absolute atomic E-state index is 0.0000907. The lowest BCUT2D eigenvalue weighted by molar-refractivity contribution is 0.0616. The fourth-order valence-electron chi connectivity index (χ4n) is 2.18. The molecule has 1 saturated heterocycles. The summed E-state index contributed by atoms with van der Waals surface area (Å²) in [6, 6.07) is -0.100. The summed E-state index contributed by atoms with van der Waals surface area (Å²) in [5, 5.41) is 9.28. The SMILES string of the molecule is Cc1ncoc1C(=O)N1CCC(C)C1CO. The third-order valence-corrected chi connectivity index (χ3v) is 3.27. The second-order valence-electron chi connectivity index (χ2n) is 4.28.